The van der Waals surface area contributed by atoms with Crippen molar-refractivity contribution in [1.29, 1.82) is 0 Å². The van der Waals surface area contributed by atoms with E-state index in [1.54, 1.807) is 11.8 Å². The number of anilines is 1. The van der Waals surface area contributed by atoms with Crippen LogP contribution < -0.4 is 15.2 Å². The Morgan fingerprint density at radius 2 is 2.29 bits per heavy atom. The first-order valence-corrected chi connectivity index (χ1v) is 8.06. The monoisotopic (exact) mass is 305 g/mol. The van der Waals surface area contributed by atoms with Gasteiger partial charge in [-0.25, -0.2) is 0 Å². The average molecular weight is 305 g/mol. The van der Waals surface area contributed by atoms with Gasteiger partial charge in [0.05, 0.1) is 12.8 Å². The van der Waals surface area contributed by atoms with Gasteiger partial charge in [-0.3, -0.25) is 4.68 Å². The number of rotatable bonds is 4. The maximum atomic E-state index is 6.08. The van der Waals surface area contributed by atoms with Crippen molar-refractivity contribution in [2.24, 2.45) is 7.05 Å². The van der Waals surface area contributed by atoms with Crippen molar-refractivity contribution in [1.82, 2.24) is 9.78 Å². The molecule has 0 spiro atoms. The second-order valence-electron chi connectivity index (χ2n) is 5.02. The zero-order chi connectivity index (χ0) is 14.8. The Morgan fingerprint density at radius 3 is 2.90 bits per heavy atom. The number of para-hydroxylation sites is 1. The highest BCUT2D eigenvalue weighted by atomic mass is 32.2. The minimum absolute atomic E-state index is 0.257. The van der Waals surface area contributed by atoms with E-state index in [1.807, 2.05) is 43.1 Å². The largest absolute Gasteiger partial charge is 0.492 e. The Morgan fingerprint density at radius 1 is 1.43 bits per heavy atom. The van der Waals surface area contributed by atoms with E-state index in [9.17, 15) is 0 Å². The molecule has 6 heteroatoms. The number of nitrogen functional groups attached to an aromatic ring is 1. The van der Waals surface area contributed by atoms with Crippen LogP contribution in [0.3, 0.4) is 0 Å². The summed E-state index contributed by atoms with van der Waals surface area (Å²) in [5, 5.41) is 4.41. The fourth-order valence-corrected chi connectivity index (χ4v) is 3.51. The third-order valence-electron chi connectivity index (χ3n) is 3.56. The molecule has 0 bridgehead atoms. The summed E-state index contributed by atoms with van der Waals surface area (Å²) in [5.41, 5.74) is 7.55. The van der Waals surface area contributed by atoms with Gasteiger partial charge in [-0.1, -0.05) is 6.07 Å². The van der Waals surface area contributed by atoms with E-state index in [2.05, 4.69) is 5.10 Å². The topological polar surface area (TPSA) is 62.3 Å². The molecule has 1 unspecified atom stereocenters. The predicted molar refractivity (Wildman–Crippen MR) is 86.0 cm³/mol. The first-order valence-electron chi connectivity index (χ1n) is 6.90. The molecule has 1 fully saturated rings. The zero-order valence-electron chi connectivity index (χ0n) is 12.2. The van der Waals surface area contributed by atoms with E-state index in [4.69, 9.17) is 15.2 Å². The molecule has 1 aliphatic rings. The maximum Gasteiger partial charge on any atom is 0.170 e. The van der Waals surface area contributed by atoms with Crippen LogP contribution in [0.1, 0.15) is 6.42 Å². The third kappa shape index (κ3) is 2.81. The number of hydrogen-bond donors (Lipinski definition) is 1. The van der Waals surface area contributed by atoms with Gasteiger partial charge in [0.1, 0.15) is 11.9 Å². The molecule has 2 N–H and O–H groups in total. The van der Waals surface area contributed by atoms with Gasteiger partial charge in [0.2, 0.25) is 0 Å². The summed E-state index contributed by atoms with van der Waals surface area (Å²) in [6.07, 6.45) is 1.34. The fourth-order valence-electron chi connectivity index (χ4n) is 2.42. The molecule has 3 rings (SSSR count). The van der Waals surface area contributed by atoms with E-state index in [-0.39, 0.29) is 6.10 Å². The van der Waals surface area contributed by atoms with E-state index in [0.717, 1.165) is 34.9 Å². The summed E-state index contributed by atoms with van der Waals surface area (Å²) in [6.45, 7) is 0. The third-order valence-corrected chi connectivity index (χ3v) is 4.69. The number of ether oxygens (including phenoxy) is 2. The molecule has 0 aliphatic carbocycles. The van der Waals surface area contributed by atoms with Crippen LogP contribution in [0, 0.1) is 0 Å². The molecular weight excluding hydrogens is 286 g/mol. The first-order chi connectivity index (χ1) is 10.2. The lowest BCUT2D eigenvalue weighted by atomic mass is 10.1. The number of thioether (sulfide) groups is 1. The molecule has 2 aromatic rings. The molecule has 1 saturated heterocycles. The van der Waals surface area contributed by atoms with Crippen LogP contribution in [0.2, 0.25) is 0 Å². The Hall–Kier alpha value is -1.82. The van der Waals surface area contributed by atoms with Crippen molar-refractivity contribution in [2.75, 3.05) is 24.3 Å². The molecule has 5 nitrogen and oxygen atoms in total. The number of aryl methyl sites for hydroxylation is 1. The molecule has 1 aromatic carbocycles. The second kappa shape index (κ2) is 5.89. The van der Waals surface area contributed by atoms with Crippen molar-refractivity contribution in [3.63, 3.8) is 0 Å². The Bertz CT molecular complexity index is 616. The summed E-state index contributed by atoms with van der Waals surface area (Å²) in [4.78, 5) is 0. The van der Waals surface area contributed by atoms with Gasteiger partial charge in [0, 0.05) is 24.4 Å². The van der Waals surface area contributed by atoms with Gasteiger partial charge in [-0.15, -0.1) is 0 Å². The molecule has 1 aromatic heterocycles. The van der Waals surface area contributed by atoms with Crippen molar-refractivity contribution in [3.8, 4) is 22.8 Å². The summed E-state index contributed by atoms with van der Waals surface area (Å²) in [7, 11) is 3.48. The first kappa shape index (κ1) is 14.1. The standard InChI is InChI=1S/C15H19N3O2S/c1-18-14(16)8-12(17-18)11-4-3-5-13(15(11)19-2)20-10-6-7-21-9-10/h3-5,8,10H,6-7,9,16H2,1-2H3. The number of hydrogen-bond acceptors (Lipinski definition) is 5. The average Bonchev–Trinajstić information content (AvgIpc) is 3.09. The number of methoxy groups -OCH3 is 1. The van der Waals surface area contributed by atoms with Gasteiger partial charge in [-0.05, 0) is 24.3 Å². The highest BCUT2D eigenvalue weighted by Gasteiger charge is 2.21. The fraction of sp³-hybridized carbons (Fsp3) is 0.400. The summed E-state index contributed by atoms with van der Waals surface area (Å²) in [5.74, 6) is 4.29. The quantitative estimate of drug-likeness (QED) is 0.940. The molecule has 112 valence electrons. The normalized spacial score (nSPS) is 17.9. The van der Waals surface area contributed by atoms with Crippen molar-refractivity contribution < 1.29 is 9.47 Å². The van der Waals surface area contributed by atoms with E-state index in [1.165, 1.54) is 0 Å². The van der Waals surface area contributed by atoms with Crippen LogP contribution in [0.5, 0.6) is 11.5 Å². The van der Waals surface area contributed by atoms with Crippen molar-refractivity contribution in [2.45, 2.75) is 12.5 Å². The molecule has 2 heterocycles. The molecule has 0 radical (unpaired) electrons. The SMILES string of the molecule is COc1c(OC2CCSC2)cccc1-c1cc(N)n(C)n1. The molecular formula is C15H19N3O2S. The van der Waals surface area contributed by atoms with Gasteiger partial charge >= 0.3 is 0 Å². The molecule has 1 aliphatic heterocycles. The number of nitrogens with zero attached hydrogens (tertiary/aromatic N) is 2. The van der Waals surface area contributed by atoms with Crippen LogP contribution in [-0.4, -0.2) is 34.5 Å². The van der Waals surface area contributed by atoms with Crippen LogP contribution in [-0.2, 0) is 7.05 Å². The second-order valence-corrected chi connectivity index (χ2v) is 6.17. The summed E-state index contributed by atoms with van der Waals surface area (Å²) >= 11 is 1.92. The van der Waals surface area contributed by atoms with Gasteiger partial charge in [0.15, 0.2) is 11.5 Å². The number of nitrogens with two attached hydrogens (primary N) is 1. The summed E-state index contributed by atoms with van der Waals surface area (Å²) in [6, 6.07) is 7.71. The lowest BCUT2D eigenvalue weighted by molar-refractivity contribution is 0.219. The summed E-state index contributed by atoms with van der Waals surface area (Å²) < 4.78 is 13.3. The van der Waals surface area contributed by atoms with Crippen LogP contribution in [0.15, 0.2) is 24.3 Å². The van der Waals surface area contributed by atoms with E-state index in [0.29, 0.717) is 11.6 Å². The Kier molecular flexibility index (Phi) is 3.96. The van der Waals surface area contributed by atoms with Crippen LogP contribution >= 0.6 is 11.8 Å². The van der Waals surface area contributed by atoms with Gasteiger partial charge in [0.25, 0.3) is 0 Å². The highest BCUT2D eigenvalue weighted by molar-refractivity contribution is 7.99. The Balaban J connectivity index is 1.96. The Labute approximate surface area is 128 Å². The lowest BCUT2D eigenvalue weighted by Gasteiger charge is -2.17. The zero-order valence-corrected chi connectivity index (χ0v) is 13.0. The minimum atomic E-state index is 0.257. The molecule has 1 atom stereocenters. The lowest BCUT2D eigenvalue weighted by Crippen LogP contribution is -2.15. The van der Waals surface area contributed by atoms with Crippen LogP contribution in [0.25, 0.3) is 11.3 Å². The molecule has 21 heavy (non-hydrogen) atoms. The van der Waals surface area contributed by atoms with Crippen molar-refractivity contribution >= 4 is 17.6 Å². The molecule has 0 saturated carbocycles. The number of benzene rings is 1. The molecule has 0 amide bonds. The van der Waals surface area contributed by atoms with Gasteiger partial charge in [-0.2, -0.15) is 16.9 Å². The van der Waals surface area contributed by atoms with E-state index < -0.39 is 0 Å². The minimum Gasteiger partial charge on any atom is -0.492 e. The van der Waals surface area contributed by atoms with Gasteiger partial charge < -0.3 is 15.2 Å². The number of aromatic nitrogens is 2. The van der Waals surface area contributed by atoms with Crippen molar-refractivity contribution in [3.05, 3.63) is 24.3 Å². The maximum absolute atomic E-state index is 6.08. The van der Waals surface area contributed by atoms with Crippen LogP contribution in [0.4, 0.5) is 5.82 Å². The smallest absolute Gasteiger partial charge is 0.170 e. The highest BCUT2D eigenvalue weighted by Crippen LogP contribution is 2.39. The van der Waals surface area contributed by atoms with E-state index >= 15 is 0 Å². The predicted octanol–water partition coefficient (Wildman–Crippen LogP) is 2.56.